The van der Waals surface area contributed by atoms with Crippen LogP contribution in [-0.4, -0.2) is 29.8 Å². The summed E-state index contributed by atoms with van der Waals surface area (Å²) in [6, 6.07) is 0. The molecule has 0 fully saturated rings. The number of rotatable bonds is 9. The van der Waals surface area contributed by atoms with Crippen LogP contribution in [0.3, 0.4) is 0 Å². The average molecular weight is 330 g/mol. The fourth-order valence-corrected chi connectivity index (χ4v) is 2.52. The van der Waals surface area contributed by atoms with Crippen molar-refractivity contribution in [2.45, 2.75) is 58.7 Å². The van der Waals surface area contributed by atoms with E-state index >= 15 is 0 Å². The standard InChI is InChI=1S/C15H24O3S.CH2O2/c1-3-4-6-11-15(16)18-13(2)17-12-19-14-9-7-5-8-10-14;2-1-3/h7,9-10,13H,3-6,8,11-12H2,1-2H3;1H,(H,2,3). The Morgan fingerprint density at radius 1 is 1.45 bits per heavy atom. The number of hydrogen-bond donors (Lipinski definition) is 1. The Labute approximate surface area is 136 Å². The molecule has 0 spiro atoms. The number of ether oxygens (including phenoxy) is 2. The first-order valence-corrected chi connectivity index (χ1v) is 8.51. The SMILES string of the molecule is CCCCCC(=O)OC(C)OCSC1=CCCC=C1.O=CO. The van der Waals surface area contributed by atoms with Gasteiger partial charge in [0.15, 0.2) is 0 Å². The van der Waals surface area contributed by atoms with Gasteiger partial charge in [-0.3, -0.25) is 9.59 Å². The maximum Gasteiger partial charge on any atom is 0.308 e. The van der Waals surface area contributed by atoms with Gasteiger partial charge < -0.3 is 14.6 Å². The van der Waals surface area contributed by atoms with Crippen LogP contribution in [0.1, 0.15) is 52.4 Å². The monoisotopic (exact) mass is 330 g/mol. The first-order valence-electron chi connectivity index (χ1n) is 7.52. The van der Waals surface area contributed by atoms with Crippen molar-refractivity contribution in [2.75, 3.05) is 5.94 Å². The van der Waals surface area contributed by atoms with Crippen LogP contribution in [-0.2, 0) is 19.1 Å². The van der Waals surface area contributed by atoms with E-state index < -0.39 is 6.29 Å². The Kier molecular flexibility index (Phi) is 13.8. The summed E-state index contributed by atoms with van der Waals surface area (Å²) >= 11 is 1.64. The smallest absolute Gasteiger partial charge is 0.308 e. The molecule has 126 valence electrons. The van der Waals surface area contributed by atoms with Gasteiger partial charge in [-0.2, -0.15) is 0 Å². The molecular weight excluding hydrogens is 304 g/mol. The Balaban J connectivity index is 0.00000135. The lowest BCUT2D eigenvalue weighted by Gasteiger charge is -2.14. The van der Waals surface area contributed by atoms with Gasteiger partial charge in [-0.15, -0.1) is 0 Å². The van der Waals surface area contributed by atoms with Crippen LogP contribution in [0.2, 0.25) is 0 Å². The minimum Gasteiger partial charge on any atom is -0.483 e. The molecule has 22 heavy (non-hydrogen) atoms. The van der Waals surface area contributed by atoms with Gasteiger partial charge in [-0.25, -0.2) is 0 Å². The van der Waals surface area contributed by atoms with Crippen LogP contribution < -0.4 is 0 Å². The van der Waals surface area contributed by atoms with Gasteiger partial charge in [0.25, 0.3) is 6.47 Å². The highest BCUT2D eigenvalue weighted by molar-refractivity contribution is 8.03. The van der Waals surface area contributed by atoms with Crippen LogP contribution in [0.4, 0.5) is 0 Å². The third-order valence-corrected chi connectivity index (χ3v) is 3.66. The molecule has 0 radical (unpaired) electrons. The van der Waals surface area contributed by atoms with Crippen molar-refractivity contribution in [3.63, 3.8) is 0 Å². The molecule has 0 saturated heterocycles. The van der Waals surface area contributed by atoms with E-state index in [0.717, 1.165) is 32.1 Å². The van der Waals surface area contributed by atoms with E-state index in [9.17, 15) is 4.79 Å². The van der Waals surface area contributed by atoms with Crippen LogP contribution in [0, 0.1) is 0 Å². The molecule has 0 aromatic rings. The summed E-state index contributed by atoms with van der Waals surface area (Å²) in [4.78, 5) is 21.1. The van der Waals surface area contributed by atoms with Crippen LogP contribution >= 0.6 is 11.8 Å². The van der Waals surface area contributed by atoms with Gasteiger partial charge in [0.05, 0.1) is 0 Å². The second-order valence-electron chi connectivity index (χ2n) is 4.64. The van der Waals surface area contributed by atoms with Gasteiger partial charge in [0.1, 0.15) is 5.94 Å². The highest BCUT2D eigenvalue weighted by atomic mass is 32.2. The number of esters is 1. The number of unbranched alkanes of at least 4 members (excludes halogenated alkanes) is 2. The molecule has 1 aliphatic rings. The predicted octanol–water partition coefficient (Wildman–Crippen LogP) is 4.10. The summed E-state index contributed by atoms with van der Waals surface area (Å²) in [6.07, 6.45) is 11.8. The van der Waals surface area contributed by atoms with E-state index in [-0.39, 0.29) is 12.4 Å². The average Bonchev–Trinajstić information content (AvgIpc) is 2.49. The maximum absolute atomic E-state index is 11.5. The second kappa shape index (κ2) is 14.7. The lowest BCUT2D eigenvalue weighted by atomic mass is 10.2. The largest absolute Gasteiger partial charge is 0.483 e. The highest BCUT2D eigenvalue weighted by Crippen LogP contribution is 2.22. The second-order valence-corrected chi connectivity index (χ2v) is 5.63. The van der Waals surface area contributed by atoms with E-state index in [4.69, 9.17) is 19.4 Å². The van der Waals surface area contributed by atoms with Crippen molar-refractivity contribution in [3.05, 3.63) is 23.1 Å². The minimum absolute atomic E-state index is 0.164. The van der Waals surface area contributed by atoms with Crippen molar-refractivity contribution >= 4 is 24.2 Å². The van der Waals surface area contributed by atoms with E-state index in [1.54, 1.807) is 18.7 Å². The molecule has 1 aliphatic carbocycles. The van der Waals surface area contributed by atoms with Gasteiger partial charge >= 0.3 is 5.97 Å². The zero-order chi connectivity index (χ0) is 16.6. The van der Waals surface area contributed by atoms with Crippen LogP contribution in [0.25, 0.3) is 0 Å². The number of allylic oxidation sites excluding steroid dienone is 3. The van der Waals surface area contributed by atoms with Crippen LogP contribution in [0.15, 0.2) is 23.1 Å². The molecule has 0 aromatic heterocycles. The fourth-order valence-electron chi connectivity index (χ4n) is 1.69. The number of carbonyl (C=O) groups is 2. The molecule has 1 atom stereocenters. The molecule has 0 aliphatic heterocycles. The van der Waals surface area contributed by atoms with Gasteiger partial charge in [0, 0.05) is 11.3 Å². The van der Waals surface area contributed by atoms with Crippen LogP contribution in [0.5, 0.6) is 0 Å². The molecule has 1 N–H and O–H groups in total. The maximum atomic E-state index is 11.5. The minimum atomic E-state index is -0.463. The molecule has 0 bridgehead atoms. The number of thioether (sulfide) groups is 1. The molecule has 1 unspecified atom stereocenters. The fraction of sp³-hybridized carbons (Fsp3) is 0.625. The first kappa shape index (κ1) is 20.7. The van der Waals surface area contributed by atoms with Crippen molar-refractivity contribution in [3.8, 4) is 0 Å². The Bertz CT molecular complexity index is 366. The number of carbonyl (C=O) groups excluding carboxylic acids is 1. The summed E-state index contributed by atoms with van der Waals surface area (Å²) < 4.78 is 10.6. The van der Waals surface area contributed by atoms with Gasteiger partial charge in [-0.05, 0) is 26.2 Å². The van der Waals surface area contributed by atoms with Crippen molar-refractivity contribution in [1.82, 2.24) is 0 Å². The number of hydrogen-bond acceptors (Lipinski definition) is 5. The van der Waals surface area contributed by atoms with E-state index in [1.165, 1.54) is 4.91 Å². The third kappa shape index (κ3) is 12.5. The van der Waals surface area contributed by atoms with Crippen molar-refractivity contribution in [2.24, 2.45) is 0 Å². The quantitative estimate of drug-likeness (QED) is 0.297. The molecule has 0 amide bonds. The predicted molar refractivity (Wildman–Crippen MR) is 88.4 cm³/mol. The number of carboxylic acid groups (broad SMARTS) is 1. The lowest BCUT2D eigenvalue weighted by Crippen LogP contribution is -2.17. The molecule has 5 nitrogen and oxygen atoms in total. The van der Waals surface area contributed by atoms with E-state index in [2.05, 4.69) is 25.2 Å². The first-order chi connectivity index (χ1) is 10.6. The molecule has 1 rings (SSSR count). The Morgan fingerprint density at radius 2 is 2.18 bits per heavy atom. The normalized spacial score (nSPS) is 14.4. The molecule has 0 saturated carbocycles. The molecule has 0 heterocycles. The summed E-state index contributed by atoms with van der Waals surface area (Å²) in [5.41, 5.74) is 0. The summed E-state index contributed by atoms with van der Waals surface area (Å²) in [5, 5.41) is 6.89. The third-order valence-electron chi connectivity index (χ3n) is 2.77. The Hall–Kier alpha value is -1.27. The van der Waals surface area contributed by atoms with E-state index in [1.807, 2.05) is 0 Å². The Morgan fingerprint density at radius 3 is 2.77 bits per heavy atom. The van der Waals surface area contributed by atoms with Gasteiger partial charge in [-0.1, -0.05) is 49.8 Å². The highest BCUT2D eigenvalue weighted by Gasteiger charge is 2.09. The summed E-state index contributed by atoms with van der Waals surface area (Å²) in [7, 11) is 0. The summed E-state index contributed by atoms with van der Waals surface area (Å²) in [6.45, 7) is 3.63. The lowest BCUT2D eigenvalue weighted by molar-refractivity contribution is -0.171. The van der Waals surface area contributed by atoms with Crippen molar-refractivity contribution < 1.29 is 24.2 Å². The molecular formula is C16H26O5S. The zero-order valence-electron chi connectivity index (χ0n) is 13.3. The topological polar surface area (TPSA) is 72.8 Å². The van der Waals surface area contributed by atoms with E-state index in [0.29, 0.717) is 12.4 Å². The molecule has 6 heteroatoms. The molecule has 0 aromatic carbocycles. The van der Waals surface area contributed by atoms with Crippen molar-refractivity contribution in [1.29, 1.82) is 0 Å². The zero-order valence-corrected chi connectivity index (χ0v) is 14.1. The summed E-state index contributed by atoms with van der Waals surface area (Å²) in [5.74, 6) is 0.349. The van der Waals surface area contributed by atoms with Gasteiger partial charge in [0.2, 0.25) is 6.29 Å².